The van der Waals surface area contributed by atoms with Crippen molar-refractivity contribution >= 4 is 17.6 Å². The third-order valence-electron chi connectivity index (χ3n) is 4.49. The Labute approximate surface area is 151 Å². The van der Waals surface area contributed by atoms with Crippen LogP contribution in [-0.2, 0) is 27.5 Å². The maximum Gasteiger partial charge on any atom is 0.329 e. The minimum Gasteiger partial charge on any atom is -0.459 e. The van der Waals surface area contributed by atoms with Crippen molar-refractivity contribution in [3.8, 4) is 0 Å². The lowest BCUT2D eigenvalue weighted by molar-refractivity contribution is -0.153. The lowest BCUT2D eigenvalue weighted by Gasteiger charge is -2.23. The fourth-order valence-electron chi connectivity index (χ4n) is 2.98. The van der Waals surface area contributed by atoms with Crippen LogP contribution in [0.15, 0.2) is 48.5 Å². The third-order valence-corrected chi connectivity index (χ3v) is 4.49. The molecule has 1 atom stereocenters. The van der Waals surface area contributed by atoms with Crippen LogP contribution in [0.3, 0.4) is 0 Å². The normalized spacial score (nSPS) is 16.6. The fraction of sp³-hybridized carbons (Fsp3) is 0.300. The highest BCUT2D eigenvalue weighted by Crippen LogP contribution is 2.23. The highest BCUT2D eigenvalue weighted by atomic mass is 19.1. The van der Waals surface area contributed by atoms with Crippen LogP contribution >= 0.6 is 0 Å². The van der Waals surface area contributed by atoms with Gasteiger partial charge in [-0.25, -0.2) is 9.18 Å². The van der Waals surface area contributed by atoms with Crippen LogP contribution in [0.2, 0.25) is 0 Å². The van der Waals surface area contributed by atoms with Gasteiger partial charge in [-0.05, 0) is 41.8 Å². The predicted molar refractivity (Wildman–Crippen MR) is 95.8 cm³/mol. The molecule has 5 nitrogen and oxygen atoms in total. The zero-order chi connectivity index (χ0) is 18.5. The molecule has 3 rings (SSSR count). The Bertz CT molecular complexity index is 775. The smallest absolute Gasteiger partial charge is 0.329 e. The van der Waals surface area contributed by atoms with Gasteiger partial charge in [-0.1, -0.05) is 24.3 Å². The van der Waals surface area contributed by atoms with Crippen LogP contribution < -0.4 is 5.32 Å². The first-order chi connectivity index (χ1) is 12.6. The highest BCUT2D eigenvalue weighted by molar-refractivity contribution is 5.88. The summed E-state index contributed by atoms with van der Waals surface area (Å²) in [4.78, 5) is 26.1. The summed E-state index contributed by atoms with van der Waals surface area (Å²) in [5.74, 6) is -0.827. The molecule has 2 aromatic carbocycles. The molecular weight excluding hydrogens is 335 g/mol. The Morgan fingerprint density at radius 2 is 1.81 bits per heavy atom. The maximum absolute atomic E-state index is 13.0. The van der Waals surface area contributed by atoms with Gasteiger partial charge in [-0.2, -0.15) is 0 Å². The van der Waals surface area contributed by atoms with Crippen LogP contribution in [0.5, 0.6) is 0 Å². The molecule has 0 aromatic heterocycles. The molecule has 0 unspecified atom stereocenters. The van der Waals surface area contributed by atoms with Crippen molar-refractivity contribution in [3.05, 3.63) is 65.5 Å². The first kappa shape index (κ1) is 17.9. The minimum absolute atomic E-state index is 0.0883. The van der Waals surface area contributed by atoms with Crippen LogP contribution in [0.25, 0.3) is 0 Å². The monoisotopic (exact) mass is 356 g/mol. The number of benzene rings is 2. The number of hydrogen-bond acceptors (Lipinski definition) is 4. The Morgan fingerprint density at radius 1 is 1.15 bits per heavy atom. The Hall–Kier alpha value is -2.89. The number of anilines is 1. The zero-order valence-corrected chi connectivity index (χ0v) is 14.6. The molecule has 1 N–H and O–H groups in total. The molecule has 1 fully saturated rings. The zero-order valence-electron chi connectivity index (χ0n) is 14.6. The number of nitrogens with zero attached hydrogens (tertiary/aromatic N) is 1. The van der Waals surface area contributed by atoms with Crippen LogP contribution in [0.4, 0.5) is 10.1 Å². The molecule has 0 radical (unpaired) electrons. The van der Waals surface area contributed by atoms with Crippen LogP contribution in [0, 0.1) is 5.82 Å². The van der Waals surface area contributed by atoms with Gasteiger partial charge in [-0.3, -0.25) is 4.79 Å². The van der Waals surface area contributed by atoms with Gasteiger partial charge in [0.05, 0.1) is 0 Å². The number of esters is 1. The van der Waals surface area contributed by atoms with E-state index < -0.39 is 12.0 Å². The molecule has 136 valence electrons. The molecule has 0 saturated carbocycles. The van der Waals surface area contributed by atoms with E-state index >= 15 is 0 Å². The topological polar surface area (TPSA) is 58.6 Å². The number of halogens is 1. The van der Waals surface area contributed by atoms with Gasteiger partial charge in [-0.15, -0.1) is 0 Å². The quantitative estimate of drug-likeness (QED) is 0.808. The molecule has 26 heavy (non-hydrogen) atoms. The van der Waals surface area contributed by atoms with E-state index in [1.807, 2.05) is 31.3 Å². The van der Waals surface area contributed by atoms with Crippen LogP contribution in [-0.4, -0.2) is 29.9 Å². The second-order valence-corrected chi connectivity index (χ2v) is 6.26. The molecule has 1 amide bonds. The first-order valence-electron chi connectivity index (χ1n) is 8.54. The van der Waals surface area contributed by atoms with Gasteiger partial charge >= 0.3 is 5.97 Å². The van der Waals surface area contributed by atoms with E-state index in [4.69, 9.17) is 4.74 Å². The van der Waals surface area contributed by atoms with Crippen LogP contribution in [0.1, 0.15) is 24.0 Å². The number of rotatable bonds is 6. The molecule has 0 spiro atoms. The Morgan fingerprint density at radius 3 is 2.46 bits per heavy atom. The number of amides is 1. The predicted octanol–water partition coefficient (Wildman–Crippen LogP) is 3.10. The highest BCUT2D eigenvalue weighted by Gasteiger charge is 2.37. The first-order valence-corrected chi connectivity index (χ1v) is 8.54. The van der Waals surface area contributed by atoms with Gasteiger partial charge in [0.2, 0.25) is 5.91 Å². The van der Waals surface area contributed by atoms with Crippen molar-refractivity contribution in [3.63, 3.8) is 0 Å². The van der Waals surface area contributed by atoms with Gasteiger partial charge < -0.3 is 15.0 Å². The molecular formula is C20H21FN2O3. The minimum atomic E-state index is -0.593. The van der Waals surface area contributed by atoms with E-state index in [2.05, 4.69) is 5.32 Å². The average Bonchev–Trinajstić information content (AvgIpc) is 3.02. The summed E-state index contributed by atoms with van der Waals surface area (Å²) in [6.45, 7) is 0.438. The Kier molecular flexibility index (Phi) is 5.51. The standard InChI is InChI=1S/C20H21FN2O3/c1-22-17-8-4-15(5-9-17)13-26-20(25)18-10-11-19(24)23(18)12-14-2-6-16(21)7-3-14/h2-9,18,22H,10-13H2,1H3/t18-/m0/s1. The summed E-state index contributed by atoms with van der Waals surface area (Å²) in [6.07, 6.45) is 0.759. The van der Waals surface area contributed by atoms with Crippen molar-refractivity contribution in [1.82, 2.24) is 4.90 Å². The van der Waals surface area contributed by atoms with E-state index in [9.17, 15) is 14.0 Å². The molecule has 2 aromatic rings. The molecule has 0 aliphatic carbocycles. The molecule has 1 aliphatic rings. The molecule has 6 heteroatoms. The number of carbonyl (C=O) groups is 2. The van der Waals surface area contributed by atoms with Crippen molar-refractivity contribution in [1.29, 1.82) is 0 Å². The summed E-state index contributed by atoms with van der Waals surface area (Å²) < 4.78 is 18.4. The SMILES string of the molecule is CNc1ccc(COC(=O)[C@@H]2CCC(=O)N2Cc2ccc(F)cc2)cc1. The van der Waals surface area contributed by atoms with Crippen molar-refractivity contribution in [2.45, 2.75) is 32.0 Å². The third kappa shape index (κ3) is 4.20. The largest absolute Gasteiger partial charge is 0.459 e. The van der Waals surface area contributed by atoms with Gasteiger partial charge in [0.25, 0.3) is 0 Å². The number of nitrogens with one attached hydrogen (secondary N) is 1. The van der Waals surface area contributed by atoms with Gasteiger partial charge in [0.15, 0.2) is 0 Å². The van der Waals surface area contributed by atoms with E-state index in [0.717, 1.165) is 16.8 Å². The summed E-state index contributed by atoms with van der Waals surface area (Å²) in [6, 6.07) is 12.9. The molecule has 0 bridgehead atoms. The van der Waals surface area contributed by atoms with Crippen molar-refractivity contribution < 1.29 is 18.7 Å². The van der Waals surface area contributed by atoms with E-state index in [1.54, 1.807) is 12.1 Å². The lowest BCUT2D eigenvalue weighted by atomic mass is 10.1. The number of hydrogen-bond donors (Lipinski definition) is 1. The van der Waals surface area contributed by atoms with E-state index in [1.165, 1.54) is 17.0 Å². The van der Waals surface area contributed by atoms with Crippen molar-refractivity contribution in [2.24, 2.45) is 0 Å². The summed E-state index contributed by atoms with van der Waals surface area (Å²) in [5.41, 5.74) is 2.64. The number of likely N-dealkylation sites (tertiary alicyclic amines) is 1. The molecule has 1 heterocycles. The van der Waals surface area contributed by atoms with E-state index in [0.29, 0.717) is 12.8 Å². The van der Waals surface area contributed by atoms with Crippen molar-refractivity contribution in [2.75, 3.05) is 12.4 Å². The van der Waals surface area contributed by atoms with E-state index in [-0.39, 0.29) is 24.9 Å². The number of ether oxygens (including phenoxy) is 1. The molecule has 1 aliphatic heterocycles. The van der Waals surface area contributed by atoms with Gasteiger partial charge in [0, 0.05) is 25.7 Å². The maximum atomic E-state index is 13.0. The summed E-state index contributed by atoms with van der Waals surface area (Å²) in [7, 11) is 1.84. The lowest BCUT2D eigenvalue weighted by Crippen LogP contribution is -2.39. The second kappa shape index (κ2) is 7.99. The fourth-order valence-corrected chi connectivity index (χ4v) is 2.98. The Balaban J connectivity index is 1.61. The summed E-state index contributed by atoms with van der Waals surface area (Å²) >= 11 is 0. The second-order valence-electron chi connectivity index (χ2n) is 6.26. The average molecular weight is 356 g/mol. The summed E-state index contributed by atoms with van der Waals surface area (Å²) in [5, 5.41) is 3.03. The van der Waals surface area contributed by atoms with Gasteiger partial charge in [0.1, 0.15) is 18.5 Å². The number of carbonyl (C=O) groups excluding carboxylic acids is 2. The molecule has 1 saturated heterocycles.